The van der Waals surface area contributed by atoms with E-state index in [9.17, 15) is 4.39 Å². The Labute approximate surface area is 104 Å². The highest BCUT2D eigenvalue weighted by Crippen LogP contribution is 2.24. The van der Waals surface area contributed by atoms with Crippen molar-refractivity contribution in [2.75, 3.05) is 5.32 Å². The third kappa shape index (κ3) is 2.80. The number of nitrogens with one attached hydrogen (secondary N) is 1. The molecule has 1 aromatic carbocycles. The van der Waals surface area contributed by atoms with Crippen LogP contribution in [-0.4, -0.2) is 0 Å². The zero-order chi connectivity index (χ0) is 12.4. The van der Waals surface area contributed by atoms with Gasteiger partial charge in [0.05, 0.1) is 11.1 Å². The highest BCUT2D eigenvalue weighted by molar-refractivity contribution is 6.30. The fraction of sp³-hybridized carbons (Fsp3) is 0.231. The molecular formula is C13H13ClFNO. The normalized spacial score (nSPS) is 12.5. The molecule has 2 rings (SSSR count). The van der Waals surface area contributed by atoms with E-state index in [0.29, 0.717) is 5.69 Å². The van der Waals surface area contributed by atoms with E-state index in [2.05, 4.69) is 5.32 Å². The summed E-state index contributed by atoms with van der Waals surface area (Å²) < 4.78 is 18.7. The van der Waals surface area contributed by atoms with E-state index in [-0.39, 0.29) is 11.1 Å². The fourth-order valence-electron chi connectivity index (χ4n) is 1.59. The van der Waals surface area contributed by atoms with E-state index in [0.717, 1.165) is 11.5 Å². The summed E-state index contributed by atoms with van der Waals surface area (Å²) in [6.45, 7) is 3.84. The minimum Gasteiger partial charge on any atom is -0.464 e. The Kier molecular flexibility index (Phi) is 3.38. The van der Waals surface area contributed by atoms with Crippen molar-refractivity contribution >= 4 is 17.3 Å². The van der Waals surface area contributed by atoms with Gasteiger partial charge in [0.1, 0.15) is 17.3 Å². The van der Waals surface area contributed by atoms with E-state index in [1.165, 1.54) is 12.1 Å². The molecule has 17 heavy (non-hydrogen) atoms. The summed E-state index contributed by atoms with van der Waals surface area (Å²) in [5, 5.41) is 3.27. The van der Waals surface area contributed by atoms with Gasteiger partial charge in [0.15, 0.2) is 0 Å². The van der Waals surface area contributed by atoms with Gasteiger partial charge in [-0.2, -0.15) is 0 Å². The highest BCUT2D eigenvalue weighted by atomic mass is 35.5. The predicted molar refractivity (Wildman–Crippen MR) is 66.9 cm³/mol. The minimum absolute atomic E-state index is 0.0238. The second-order valence-electron chi connectivity index (χ2n) is 3.94. The average molecular weight is 254 g/mol. The summed E-state index contributed by atoms with van der Waals surface area (Å²) in [5.74, 6) is 1.24. The van der Waals surface area contributed by atoms with Crippen LogP contribution in [0.2, 0.25) is 5.02 Å². The molecule has 1 unspecified atom stereocenters. The van der Waals surface area contributed by atoms with Gasteiger partial charge in [-0.25, -0.2) is 4.39 Å². The van der Waals surface area contributed by atoms with Crippen molar-refractivity contribution in [3.05, 3.63) is 52.7 Å². The van der Waals surface area contributed by atoms with Gasteiger partial charge >= 0.3 is 0 Å². The van der Waals surface area contributed by atoms with Crippen LogP contribution in [-0.2, 0) is 0 Å². The Balaban J connectivity index is 2.12. The maximum atomic E-state index is 13.2. The van der Waals surface area contributed by atoms with Crippen LogP contribution in [0, 0.1) is 12.7 Å². The van der Waals surface area contributed by atoms with E-state index >= 15 is 0 Å². The van der Waals surface area contributed by atoms with Gasteiger partial charge < -0.3 is 9.73 Å². The topological polar surface area (TPSA) is 25.2 Å². The first-order valence-electron chi connectivity index (χ1n) is 5.34. The largest absolute Gasteiger partial charge is 0.464 e. The van der Waals surface area contributed by atoms with Crippen molar-refractivity contribution in [2.45, 2.75) is 19.9 Å². The number of furan rings is 1. The maximum absolute atomic E-state index is 13.2. The van der Waals surface area contributed by atoms with E-state index in [1.807, 2.05) is 26.0 Å². The predicted octanol–water partition coefficient (Wildman–Crippen LogP) is 4.55. The van der Waals surface area contributed by atoms with Crippen LogP contribution < -0.4 is 5.32 Å². The van der Waals surface area contributed by atoms with Crippen molar-refractivity contribution in [3.8, 4) is 0 Å². The molecule has 0 aliphatic heterocycles. The number of halogens is 2. The molecule has 1 atom stereocenters. The molecule has 0 radical (unpaired) electrons. The van der Waals surface area contributed by atoms with Crippen molar-refractivity contribution in [1.29, 1.82) is 0 Å². The molecule has 1 aromatic heterocycles. The monoisotopic (exact) mass is 253 g/mol. The van der Waals surface area contributed by atoms with Gasteiger partial charge in [-0.3, -0.25) is 0 Å². The first kappa shape index (κ1) is 12.0. The molecule has 2 nitrogen and oxygen atoms in total. The average Bonchev–Trinajstić information content (AvgIpc) is 2.70. The summed E-state index contributed by atoms with van der Waals surface area (Å²) in [6, 6.07) is 8.41. The molecule has 0 aliphatic carbocycles. The number of hydrogen-bond donors (Lipinski definition) is 1. The van der Waals surface area contributed by atoms with Crippen molar-refractivity contribution in [3.63, 3.8) is 0 Å². The summed E-state index contributed by atoms with van der Waals surface area (Å²) in [4.78, 5) is 0. The van der Waals surface area contributed by atoms with E-state index < -0.39 is 5.82 Å². The minimum atomic E-state index is -0.431. The zero-order valence-corrected chi connectivity index (χ0v) is 10.4. The molecule has 0 spiro atoms. The lowest BCUT2D eigenvalue weighted by Crippen LogP contribution is -2.05. The number of rotatable bonds is 3. The fourth-order valence-corrected chi connectivity index (χ4v) is 1.71. The Morgan fingerprint density at radius 1 is 1.29 bits per heavy atom. The van der Waals surface area contributed by atoms with Crippen molar-refractivity contribution in [2.24, 2.45) is 0 Å². The molecule has 0 saturated carbocycles. The van der Waals surface area contributed by atoms with Crippen LogP contribution in [0.1, 0.15) is 24.5 Å². The van der Waals surface area contributed by atoms with Crippen LogP contribution >= 0.6 is 11.6 Å². The third-order valence-electron chi connectivity index (χ3n) is 2.49. The Morgan fingerprint density at radius 3 is 2.65 bits per heavy atom. The van der Waals surface area contributed by atoms with Crippen LogP contribution in [0.4, 0.5) is 10.1 Å². The number of anilines is 1. The number of hydrogen-bond acceptors (Lipinski definition) is 2. The number of aryl methyl sites for hydroxylation is 1. The zero-order valence-electron chi connectivity index (χ0n) is 9.63. The molecule has 0 fully saturated rings. The molecule has 90 valence electrons. The molecule has 0 bridgehead atoms. The first-order valence-corrected chi connectivity index (χ1v) is 5.72. The molecular weight excluding hydrogens is 241 g/mol. The third-order valence-corrected chi connectivity index (χ3v) is 2.80. The van der Waals surface area contributed by atoms with Gasteiger partial charge in [0.2, 0.25) is 0 Å². The summed E-state index contributed by atoms with van der Waals surface area (Å²) in [7, 11) is 0. The van der Waals surface area contributed by atoms with Gasteiger partial charge in [-0.15, -0.1) is 0 Å². The second kappa shape index (κ2) is 4.80. The van der Waals surface area contributed by atoms with Crippen LogP contribution in [0.3, 0.4) is 0 Å². The highest BCUT2D eigenvalue weighted by Gasteiger charge is 2.10. The molecule has 1 N–H and O–H groups in total. The molecule has 0 amide bonds. The smallest absolute Gasteiger partial charge is 0.143 e. The van der Waals surface area contributed by atoms with E-state index in [4.69, 9.17) is 16.0 Å². The Morgan fingerprint density at radius 2 is 2.06 bits per heavy atom. The second-order valence-corrected chi connectivity index (χ2v) is 4.35. The molecule has 0 saturated heterocycles. The first-order chi connectivity index (χ1) is 8.06. The van der Waals surface area contributed by atoms with E-state index in [1.54, 1.807) is 6.07 Å². The van der Waals surface area contributed by atoms with Gasteiger partial charge in [-0.1, -0.05) is 11.6 Å². The molecule has 0 aliphatic rings. The standard InChI is InChI=1S/C13H13ClFNO/c1-8-3-6-13(17-8)9(2)16-10-4-5-11(14)12(15)7-10/h3-7,9,16H,1-2H3. The van der Waals surface area contributed by atoms with Gasteiger partial charge in [-0.05, 0) is 44.2 Å². The number of benzene rings is 1. The Bertz CT molecular complexity index is 524. The lowest BCUT2D eigenvalue weighted by atomic mass is 10.2. The van der Waals surface area contributed by atoms with Gasteiger partial charge in [0, 0.05) is 5.69 Å². The summed E-state index contributed by atoms with van der Waals surface area (Å²) >= 11 is 5.62. The SMILES string of the molecule is Cc1ccc(C(C)Nc2ccc(Cl)c(F)c2)o1. The van der Waals surface area contributed by atoms with Crippen molar-refractivity contribution in [1.82, 2.24) is 0 Å². The lowest BCUT2D eigenvalue weighted by Gasteiger charge is -2.13. The van der Waals surface area contributed by atoms with Crippen molar-refractivity contribution < 1.29 is 8.81 Å². The molecule has 1 heterocycles. The quantitative estimate of drug-likeness (QED) is 0.868. The summed E-state index contributed by atoms with van der Waals surface area (Å²) in [6.07, 6.45) is 0. The maximum Gasteiger partial charge on any atom is 0.143 e. The van der Waals surface area contributed by atoms with Gasteiger partial charge in [0.25, 0.3) is 0 Å². The molecule has 2 aromatic rings. The Hall–Kier alpha value is -1.48. The molecule has 4 heteroatoms. The van der Waals surface area contributed by atoms with Crippen LogP contribution in [0.5, 0.6) is 0 Å². The van der Waals surface area contributed by atoms with Crippen LogP contribution in [0.15, 0.2) is 34.7 Å². The van der Waals surface area contributed by atoms with Crippen LogP contribution in [0.25, 0.3) is 0 Å². The summed E-state index contributed by atoms with van der Waals surface area (Å²) in [5.41, 5.74) is 0.674. The lowest BCUT2D eigenvalue weighted by molar-refractivity contribution is 0.467.